The highest BCUT2D eigenvalue weighted by molar-refractivity contribution is 6.30. The molecule has 4 heteroatoms. The van der Waals surface area contributed by atoms with E-state index in [-0.39, 0.29) is 5.91 Å². The van der Waals surface area contributed by atoms with E-state index in [1.165, 1.54) is 0 Å². The molecule has 1 saturated heterocycles. The van der Waals surface area contributed by atoms with Gasteiger partial charge in [0.05, 0.1) is 0 Å². The van der Waals surface area contributed by atoms with Crippen molar-refractivity contribution >= 4 is 23.2 Å². The van der Waals surface area contributed by atoms with Gasteiger partial charge in [-0.3, -0.25) is 4.79 Å². The molecule has 1 fully saturated rings. The molecule has 1 aromatic carbocycles. The highest BCUT2D eigenvalue weighted by Gasteiger charge is 2.18. The number of anilines is 1. The molecule has 1 aliphatic heterocycles. The average molecular weight is 253 g/mol. The first-order valence-corrected chi connectivity index (χ1v) is 6.29. The fourth-order valence-corrected chi connectivity index (χ4v) is 2.35. The molecule has 3 nitrogen and oxygen atoms in total. The van der Waals surface area contributed by atoms with Gasteiger partial charge < -0.3 is 10.6 Å². The third-order valence-corrected chi connectivity index (χ3v) is 3.33. The van der Waals surface area contributed by atoms with Gasteiger partial charge in [0.2, 0.25) is 5.91 Å². The van der Waals surface area contributed by atoms with Gasteiger partial charge in [-0.25, -0.2) is 0 Å². The highest BCUT2D eigenvalue weighted by atomic mass is 35.5. The number of amides is 1. The first-order chi connectivity index (χ1) is 8.15. The number of nitrogens with one attached hydrogen (secondary N) is 2. The first kappa shape index (κ1) is 12.4. The molecule has 0 saturated carbocycles. The SMILES string of the molecule is Cc1cc(Cl)ccc1NC(=O)CC1CCNC1. The van der Waals surface area contributed by atoms with Crippen molar-refractivity contribution in [1.29, 1.82) is 0 Å². The predicted octanol–water partition coefficient (Wildman–Crippen LogP) is 2.59. The van der Waals surface area contributed by atoms with Crippen molar-refractivity contribution in [2.24, 2.45) is 5.92 Å². The molecule has 0 spiro atoms. The van der Waals surface area contributed by atoms with Crippen molar-refractivity contribution in [3.63, 3.8) is 0 Å². The number of hydrogen-bond acceptors (Lipinski definition) is 2. The van der Waals surface area contributed by atoms with Gasteiger partial charge in [0.15, 0.2) is 0 Å². The predicted molar refractivity (Wildman–Crippen MR) is 70.4 cm³/mol. The lowest BCUT2D eigenvalue weighted by Crippen LogP contribution is -2.18. The molecular formula is C13H17ClN2O. The topological polar surface area (TPSA) is 41.1 Å². The lowest BCUT2D eigenvalue weighted by Gasteiger charge is -2.11. The van der Waals surface area contributed by atoms with E-state index in [0.717, 1.165) is 30.8 Å². The maximum Gasteiger partial charge on any atom is 0.224 e. The van der Waals surface area contributed by atoms with Gasteiger partial charge in [-0.05, 0) is 56.1 Å². The van der Waals surface area contributed by atoms with Crippen LogP contribution in [0.25, 0.3) is 0 Å². The lowest BCUT2D eigenvalue weighted by molar-refractivity contribution is -0.116. The summed E-state index contributed by atoms with van der Waals surface area (Å²) >= 11 is 5.87. The molecule has 92 valence electrons. The van der Waals surface area contributed by atoms with E-state index >= 15 is 0 Å². The van der Waals surface area contributed by atoms with Crippen molar-refractivity contribution in [3.8, 4) is 0 Å². The van der Waals surface area contributed by atoms with E-state index in [1.807, 2.05) is 19.1 Å². The van der Waals surface area contributed by atoms with Crippen molar-refractivity contribution in [2.45, 2.75) is 19.8 Å². The van der Waals surface area contributed by atoms with Gasteiger partial charge in [0.25, 0.3) is 0 Å². The summed E-state index contributed by atoms with van der Waals surface area (Å²) in [6.07, 6.45) is 1.68. The number of carbonyl (C=O) groups excluding carboxylic acids is 1. The minimum Gasteiger partial charge on any atom is -0.326 e. The molecule has 0 aromatic heterocycles. The number of halogens is 1. The monoisotopic (exact) mass is 252 g/mol. The average Bonchev–Trinajstić information content (AvgIpc) is 2.75. The van der Waals surface area contributed by atoms with Gasteiger partial charge in [-0.2, -0.15) is 0 Å². The summed E-state index contributed by atoms with van der Waals surface area (Å²) in [5.41, 5.74) is 1.85. The molecule has 1 heterocycles. The van der Waals surface area contributed by atoms with E-state index in [1.54, 1.807) is 6.07 Å². The quantitative estimate of drug-likeness (QED) is 0.868. The Labute approximate surface area is 107 Å². The van der Waals surface area contributed by atoms with Crippen LogP contribution in [0.5, 0.6) is 0 Å². The Morgan fingerprint density at radius 2 is 2.41 bits per heavy atom. The number of carbonyl (C=O) groups is 1. The number of hydrogen-bond donors (Lipinski definition) is 2. The Morgan fingerprint density at radius 3 is 3.06 bits per heavy atom. The summed E-state index contributed by atoms with van der Waals surface area (Å²) < 4.78 is 0. The van der Waals surface area contributed by atoms with Crippen LogP contribution in [0.3, 0.4) is 0 Å². The number of rotatable bonds is 3. The van der Waals surface area contributed by atoms with E-state index in [0.29, 0.717) is 17.4 Å². The van der Waals surface area contributed by atoms with Crippen LogP contribution in [0, 0.1) is 12.8 Å². The largest absolute Gasteiger partial charge is 0.326 e. The summed E-state index contributed by atoms with van der Waals surface area (Å²) in [6.45, 7) is 3.92. The van der Waals surface area contributed by atoms with Gasteiger partial charge in [-0.1, -0.05) is 11.6 Å². The third kappa shape index (κ3) is 3.45. The molecule has 2 N–H and O–H groups in total. The van der Waals surface area contributed by atoms with Gasteiger partial charge in [-0.15, -0.1) is 0 Å². The zero-order valence-electron chi connectivity index (χ0n) is 9.92. The molecule has 1 amide bonds. The zero-order chi connectivity index (χ0) is 12.3. The second-order valence-corrected chi connectivity index (χ2v) is 5.01. The molecule has 2 rings (SSSR count). The van der Waals surface area contributed by atoms with Gasteiger partial charge >= 0.3 is 0 Å². The first-order valence-electron chi connectivity index (χ1n) is 5.92. The summed E-state index contributed by atoms with van der Waals surface area (Å²) in [4.78, 5) is 11.8. The Morgan fingerprint density at radius 1 is 1.59 bits per heavy atom. The number of aryl methyl sites for hydroxylation is 1. The van der Waals surface area contributed by atoms with Crippen LogP contribution in [-0.4, -0.2) is 19.0 Å². The summed E-state index contributed by atoms with van der Waals surface area (Å²) in [7, 11) is 0. The molecular weight excluding hydrogens is 236 g/mol. The third-order valence-electron chi connectivity index (χ3n) is 3.10. The van der Waals surface area contributed by atoms with Crippen LogP contribution in [0.1, 0.15) is 18.4 Å². The van der Waals surface area contributed by atoms with Crippen molar-refractivity contribution < 1.29 is 4.79 Å². The maximum absolute atomic E-state index is 11.8. The molecule has 1 unspecified atom stereocenters. The van der Waals surface area contributed by atoms with Crippen LogP contribution in [0.2, 0.25) is 5.02 Å². The van der Waals surface area contributed by atoms with Crippen LogP contribution >= 0.6 is 11.6 Å². The molecule has 0 radical (unpaired) electrons. The summed E-state index contributed by atoms with van der Waals surface area (Å²) in [6, 6.07) is 5.50. The minimum atomic E-state index is 0.0872. The number of benzene rings is 1. The van der Waals surface area contributed by atoms with E-state index < -0.39 is 0 Å². The van der Waals surface area contributed by atoms with Crippen LogP contribution in [0.15, 0.2) is 18.2 Å². The van der Waals surface area contributed by atoms with Crippen molar-refractivity contribution in [1.82, 2.24) is 5.32 Å². The lowest BCUT2D eigenvalue weighted by atomic mass is 10.0. The minimum absolute atomic E-state index is 0.0872. The molecule has 1 aromatic rings. The Bertz CT molecular complexity index is 414. The summed E-state index contributed by atoms with van der Waals surface area (Å²) in [5, 5.41) is 6.90. The Hall–Kier alpha value is -1.06. The molecule has 0 aliphatic carbocycles. The Balaban J connectivity index is 1.93. The Kier molecular flexibility index (Phi) is 4.02. The van der Waals surface area contributed by atoms with E-state index in [2.05, 4.69) is 10.6 Å². The molecule has 1 atom stereocenters. The van der Waals surface area contributed by atoms with Crippen LogP contribution < -0.4 is 10.6 Å². The van der Waals surface area contributed by atoms with Crippen LogP contribution in [-0.2, 0) is 4.79 Å². The second-order valence-electron chi connectivity index (χ2n) is 4.57. The standard InChI is InChI=1S/C13H17ClN2O/c1-9-6-11(14)2-3-12(9)16-13(17)7-10-4-5-15-8-10/h2-3,6,10,15H,4-5,7-8H2,1H3,(H,16,17). The maximum atomic E-state index is 11.8. The van der Waals surface area contributed by atoms with E-state index in [9.17, 15) is 4.79 Å². The zero-order valence-corrected chi connectivity index (χ0v) is 10.7. The highest BCUT2D eigenvalue weighted by Crippen LogP contribution is 2.20. The van der Waals surface area contributed by atoms with Gasteiger partial charge in [0, 0.05) is 17.1 Å². The van der Waals surface area contributed by atoms with Crippen LogP contribution in [0.4, 0.5) is 5.69 Å². The molecule has 0 bridgehead atoms. The van der Waals surface area contributed by atoms with Crippen molar-refractivity contribution in [2.75, 3.05) is 18.4 Å². The summed E-state index contributed by atoms with van der Waals surface area (Å²) in [5.74, 6) is 0.562. The van der Waals surface area contributed by atoms with E-state index in [4.69, 9.17) is 11.6 Å². The molecule has 17 heavy (non-hydrogen) atoms. The normalized spacial score (nSPS) is 19.3. The van der Waals surface area contributed by atoms with Gasteiger partial charge in [0.1, 0.15) is 0 Å². The smallest absolute Gasteiger partial charge is 0.224 e. The fraction of sp³-hybridized carbons (Fsp3) is 0.462. The second kappa shape index (κ2) is 5.52. The molecule has 1 aliphatic rings. The fourth-order valence-electron chi connectivity index (χ4n) is 2.12. The van der Waals surface area contributed by atoms with Crippen molar-refractivity contribution in [3.05, 3.63) is 28.8 Å².